The Morgan fingerprint density at radius 1 is 0.810 bits per heavy atom. The van der Waals surface area contributed by atoms with Crippen LogP contribution in [0.1, 0.15) is 20.3 Å². The molecule has 0 aromatic heterocycles. The van der Waals surface area contributed by atoms with E-state index in [4.69, 9.17) is 4.74 Å². The van der Waals surface area contributed by atoms with Gasteiger partial charge in [-0.25, -0.2) is 0 Å². The highest BCUT2D eigenvalue weighted by Gasteiger charge is 1.95. The number of ether oxygens (including phenoxy) is 1. The van der Waals surface area contributed by atoms with E-state index < -0.39 is 0 Å². The van der Waals surface area contributed by atoms with Gasteiger partial charge in [-0.15, -0.1) is 0 Å². The average molecular weight is 282 g/mol. The Bertz CT molecular complexity index is 496. The molecule has 0 heterocycles. The molecule has 0 N–H and O–H groups in total. The lowest BCUT2D eigenvalue weighted by molar-refractivity contribution is 0.256. The van der Waals surface area contributed by atoms with Crippen molar-refractivity contribution in [1.82, 2.24) is 0 Å². The van der Waals surface area contributed by atoms with Crippen LogP contribution in [0.25, 0.3) is 0 Å². The van der Waals surface area contributed by atoms with Crippen molar-refractivity contribution in [1.29, 1.82) is 0 Å². The summed E-state index contributed by atoms with van der Waals surface area (Å²) in [5.74, 6) is 0.715. The van der Waals surface area contributed by atoms with E-state index in [0.717, 1.165) is 17.6 Å². The van der Waals surface area contributed by atoms with Crippen molar-refractivity contribution >= 4 is 0 Å². The maximum atomic E-state index is 5.71. The minimum atomic E-state index is 0.451. The first-order valence-corrected chi connectivity index (χ1v) is 7.02. The number of hydrogen-bond donors (Lipinski definition) is 0. The zero-order valence-electron chi connectivity index (χ0n) is 13.3. The molecule has 0 aromatic rings. The molecule has 0 radical (unpaired) electrons. The molecule has 0 fully saturated rings. The Kier molecular flexibility index (Phi) is 10.3. The second kappa shape index (κ2) is 11.5. The van der Waals surface area contributed by atoms with E-state index in [1.165, 1.54) is 5.57 Å². The Morgan fingerprint density at radius 3 is 1.90 bits per heavy atom. The van der Waals surface area contributed by atoms with Crippen molar-refractivity contribution in [2.24, 2.45) is 0 Å². The average Bonchev–Trinajstić information content (AvgIpc) is 2.53. The molecular weight excluding hydrogens is 256 g/mol. The minimum Gasteiger partial charge on any atom is -0.489 e. The van der Waals surface area contributed by atoms with Gasteiger partial charge in [-0.3, -0.25) is 0 Å². The van der Waals surface area contributed by atoms with Crippen molar-refractivity contribution in [3.8, 4) is 0 Å². The first kappa shape index (κ1) is 18.7. The third kappa shape index (κ3) is 8.48. The lowest BCUT2D eigenvalue weighted by atomic mass is 10.1. The summed E-state index contributed by atoms with van der Waals surface area (Å²) in [6.45, 7) is 19.6. The van der Waals surface area contributed by atoms with Gasteiger partial charge in [-0.05, 0) is 36.6 Å². The molecule has 0 amide bonds. The fourth-order valence-electron chi connectivity index (χ4n) is 1.34. The molecule has 0 atom stereocenters. The van der Waals surface area contributed by atoms with E-state index in [9.17, 15) is 0 Å². The zero-order valence-corrected chi connectivity index (χ0v) is 13.3. The molecule has 0 aliphatic rings. The van der Waals surface area contributed by atoms with Gasteiger partial charge in [0, 0.05) is 0 Å². The van der Waals surface area contributed by atoms with Gasteiger partial charge in [0.2, 0.25) is 0 Å². The molecule has 0 saturated heterocycles. The maximum absolute atomic E-state index is 5.71. The largest absolute Gasteiger partial charge is 0.489 e. The van der Waals surface area contributed by atoms with E-state index in [-0.39, 0.29) is 0 Å². The molecule has 0 aliphatic carbocycles. The molecule has 0 saturated carbocycles. The van der Waals surface area contributed by atoms with Gasteiger partial charge in [0.15, 0.2) is 0 Å². The first-order chi connectivity index (χ1) is 10.1. The highest BCUT2D eigenvalue weighted by atomic mass is 16.5. The van der Waals surface area contributed by atoms with Crippen LogP contribution in [0.2, 0.25) is 0 Å². The maximum Gasteiger partial charge on any atom is 0.119 e. The number of hydrogen-bond acceptors (Lipinski definition) is 1. The second-order valence-corrected chi connectivity index (χ2v) is 4.42. The van der Waals surface area contributed by atoms with Crippen LogP contribution in [0.3, 0.4) is 0 Å². The summed E-state index contributed by atoms with van der Waals surface area (Å²) >= 11 is 0. The number of rotatable bonds is 10. The molecular formula is C20H26O. The van der Waals surface area contributed by atoms with Crippen molar-refractivity contribution in [3.05, 3.63) is 97.4 Å². The summed E-state index contributed by atoms with van der Waals surface area (Å²) in [7, 11) is 0. The summed E-state index contributed by atoms with van der Waals surface area (Å²) in [5.41, 5.74) is 3.25. The smallest absolute Gasteiger partial charge is 0.119 e. The SMILES string of the molecule is C=C/C(C)=C\C=C(/C=C)OC/C(C=C)=C/C=C(\C=C)CC. The fourth-order valence-corrected chi connectivity index (χ4v) is 1.34. The van der Waals surface area contributed by atoms with Crippen LogP contribution in [0.5, 0.6) is 0 Å². The predicted octanol–water partition coefficient (Wildman–Crippen LogP) is 5.84. The first-order valence-electron chi connectivity index (χ1n) is 7.02. The lowest BCUT2D eigenvalue weighted by Gasteiger charge is -2.07. The lowest BCUT2D eigenvalue weighted by Crippen LogP contribution is -1.95. The topological polar surface area (TPSA) is 9.23 Å². The van der Waals surface area contributed by atoms with E-state index in [2.05, 4.69) is 33.2 Å². The molecule has 112 valence electrons. The van der Waals surface area contributed by atoms with Crippen LogP contribution < -0.4 is 0 Å². The second-order valence-electron chi connectivity index (χ2n) is 4.42. The third-order valence-corrected chi connectivity index (χ3v) is 2.88. The van der Waals surface area contributed by atoms with Crippen LogP contribution in [0.15, 0.2) is 97.4 Å². The molecule has 0 aromatic carbocycles. The normalized spacial score (nSPS) is 13.6. The van der Waals surface area contributed by atoms with Crippen LogP contribution in [-0.4, -0.2) is 6.61 Å². The summed E-state index contributed by atoms with van der Waals surface area (Å²) in [5, 5.41) is 0. The molecule has 21 heavy (non-hydrogen) atoms. The molecule has 1 nitrogen and oxygen atoms in total. The summed E-state index contributed by atoms with van der Waals surface area (Å²) in [6.07, 6.45) is 15.9. The quantitative estimate of drug-likeness (QED) is 0.361. The van der Waals surface area contributed by atoms with Gasteiger partial charge in [0.25, 0.3) is 0 Å². The highest BCUT2D eigenvalue weighted by molar-refractivity contribution is 5.30. The Balaban J connectivity index is 4.85. The molecule has 0 rings (SSSR count). The van der Waals surface area contributed by atoms with E-state index in [1.54, 1.807) is 18.2 Å². The predicted molar refractivity (Wildman–Crippen MR) is 95.0 cm³/mol. The summed E-state index contributed by atoms with van der Waals surface area (Å²) < 4.78 is 5.71. The molecule has 0 aliphatic heterocycles. The molecule has 1 heteroatoms. The van der Waals surface area contributed by atoms with E-state index in [1.807, 2.05) is 37.3 Å². The Labute approximate surface area is 129 Å². The highest BCUT2D eigenvalue weighted by Crippen LogP contribution is 2.08. The number of allylic oxidation sites excluding steroid dienone is 9. The van der Waals surface area contributed by atoms with Crippen LogP contribution >= 0.6 is 0 Å². The van der Waals surface area contributed by atoms with E-state index in [0.29, 0.717) is 12.4 Å². The Hall–Kier alpha value is -2.28. The monoisotopic (exact) mass is 282 g/mol. The van der Waals surface area contributed by atoms with Gasteiger partial charge in [0.05, 0.1) is 0 Å². The van der Waals surface area contributed by atoms with Crippen molar-refractivity contribution in [3.63, 3.8) is 0 Å². The molecule has 0 bridgehead atoms. The van der Waals surface area contributed by atoms with Gasteiger partial charge in [-0.2, -0.15) is 0 Å². The third-order valence-electron chi connectivity index (χ3n) is 2.88. The zero-order chi connectivity index (χ0) is 16.1. The van der Waals surface area contributed by atoms with Gasteiger partial charge in [0.1, 0.15) is 12.4 Å². The minimum absolute atomic E-state index is 0.451. The summed E-state index contributed by atoms with van der Waals surface area (Å²) in [4.78, 5) is 0. The fraction of sp³-hybridized carbons (Fsp3) is 0.200. The van der Waals surface area contributed by atoms with Crippen molar-refractivity contribution in [2.75, 3.05) is 6.61 Å². The molecule has 0 spiro atoms. The van der Waals surface area contributed by atoms with E-state index >= 15 is 0 Å². The van der Waals surface area contributed by atoms with Crippen LogP contribution in [0, 0.1) is 0 Å². The summed E-state index contributed by atoms with van der Waals surface area (Å²) in [6, 6.07) is 0. The Morgan fingerprint density at radius 2 is 1.43 bits per heavy atom. The van der Waals surface area contributed by atoms with Gasteiger partial charge >= 0.3 is 0 Å². The van der Waals surface area contributed by atoms with Gasteiger partial charge in [-0.1, -0.05) is 75.3 Å². The molecule has 0 unspecified atom stereocenters. The standard InChI is InChI=1S/C20H26O/c1-7-17(6)12-15-20(11-5)21-16-19(10-4)14-13-18(8-2)9-3/h7-8,10-15H,1-2,4-5,9,16H2,3,6H3/b17-12-,18-13+,19-14+,20-15+. The van der Waals surface area contributed by atoms with Crippen molar-refractivity contribution in [2.45, 2.75) is 20.3 Å². The van der Waals surface area contributed by atoms with Crippen molar-refractivity contribution < 1.29 is 4.74 Å². The van der Waals surface area contributed by atoms with Crippen LogP contribution in [0.4, 0.5) is 0 Å². The van der Waals surface area contributed by atoms with Crippen LogP contribution in [-0.2, 0) is 4.74 Å². The van der Waals surface area contributed by atoms with Gasteiger partial charge < -0.3 is 4.74 Å².